The first-order chi connectivity index (χ1) is 13.7. The van der Waals surface area contributed by atoms with Crippen LogP contribution in [0.2, 0.25) is 5.15 Å². The summed E-state index contributed by atoms with van der Waals surface area (Å²) in [4.78, 5) is 17.2. The quantitative estimate of drug-likeness (QED) is 0.378. The number of amides is 1. The highest BCUT2D eigenvalue weighted by atomic mass is 35.5. The monoisotopic (exact) mass is 410 g/mol. The summed E-state index contributed by atoms with van der Waals surface area (Å²) in [6.07, 6.45) is 3.33. The number of carbonyl (C=O) groups is 1. The minimum atomic E-state index is -0.311. The van der Waals surface area contributed by atoms with E-state index in [1.165, 1.54) is 17.6 Å². The SMILES string of the molecule is O=C(N/N=C\c1c(Cl)nc2sccn12)c1ccc(COc2ccccc2)cc1. The second-order valence-corrected chi connectivity index (χ2v) is 7.07. The van der Waals surface area contributed by atoms with E-state index in [0.717, 1.165) is 16.3 Å². The second-order valence-electron chi connectivity index (χ2n) is 5.84. The molecule has 1 amide bonds. The van der Waals surface area contributed by atoms with Crippen LogP contribution in [0.25, 0.3) is 4.96 Å². The molecule has 0 fully saturated rings. The molecule has 0 radical (unpaired) electrons. The third-order valence-corrected chi connectivity index (χ3v) is 5.01. The van der Waals surface area contributed by atoms with Crippen molar-refractivity contribution in [1.82, 2.24) is 14.8 Å². The molecule has 0 bridgehead atoms. The van der Waals surface area contributed by atoms with Gasteiger partial charge in [-0.2, -0.15) is 5.10 Å². The standard InChI is InChI=1S/C20H15ClN4O2S/c21-18-17(25-10-11-28-20(25)23-18)12-22-24-19(26)15-8-6-14(7-9-15)13-27-16-4-2-1-3-5-16/h1-12H,13H2,(H,24,26)/b22-12-. The van der Waals surface area contributed by atoms with Crippen molar-refractivity contribution < 1.29 is 9.53 Å². The highest BCUT2D eigenvalue weighted by molar-refractivity contribution is 7.15. The van der Waals surface area contributed by atoms with Crippen molar-refractivity contribution in [3.8, 4) is 5.75 Å². The smallest absolute Gasteiger partial charge is 0.271 e. The molecule has 4 rings (SSSR count). The largest absolute Gasteiger partial charge is 0.489 e. The zero-order valence-electron chi connectivity index (χ0n) is 14.6. The number of ether oxygens (including phenoxy) is 1. The molecule has 28 heavy (non-hydrogen) atoms. The van der Waals surface area contributed by atoms with Crippen LogP contribution >= 0.6 is 22.9 Å². The van der Waals surface area contributed by atoms with Crippen LogP contribution in [0.5, 0.6) is 5.75 Å². The van der Waals surface area contributed by atoms with Gasteiger partial charge in [0.25, 0.3) is 5.91 Å². The molecular formula is C20H15ClN4O2S. The van der Waals surface area contributed by atoms with Crippen LogP contribution in [0.15, 0.2) is 71.3 Å². The van der Waals surface area contributed by atoms with E-state index in [1.54, 1.807) is 12.1 Å². The van der Waals surface area contributed by atoms with Gasteiger partial charge in [0.2, 0.25) is 0 Å². The Morgan fingerprint density at radius 2 is 2.00 bits per heavy atom. The van der Waals surface area contributed by atoms with Gasteiger partial charge in [0, 0.05) is 17.1 Å². The fourth-order valence-corrected chi connectivity index (χ4v) is 3.54. The highest BCUT2D eigenvalue weighted by Crippen LogP contribution is 2.19. The Morgan fingerprint density at radius 1 is 1.21 bits per heavy atom. The van der Waals surface area contributed by atoms with Crippen LogP contribution in [-0.2, 0) is 6.61 Å². The topological polar surface area (TPSA) is 68.0 Å². The number of nitrogens with zero attached hydrogens (tertiary/aromatic N) is 3. The lowest BCUT2D eigenvalue weighted by atomic mass is 10.1. The van der Waals surface area contributed by atoms with E-state index in [0.29, 0.717) is 23.0 Å². The molecule has 0 aliphatic heterocycles. The molecule has 2 heterocycles. The predicted octanol–water partition coefficient (Wildman–Crippen LogP) is 4.39. The van der Waals surface area contributed by atoms with Crippen molar-refractivity contribution in [3.05, 3.63) is 88.1 Å². The molecular weight excluding hydrogens is 396 g/mol. The zero-order valence-corrected chi connectivity index (χ0v) is 16.2. The van der Waals surface area contributed by atoms with Crippen LogP contribution in [-0.4, -0.2) is 21.5 Å². The Kier molecular flexibility index (Phi) is 5.36. The Bertz CT molecular complexity index is 1120. The van der Waals surface area contributed by atoms with E-state index in [4.69, 9.17) is 16.3 Å². The van der Waals surface area contributed by atoms with Gasteiger partial charge >= 0.3 is 0 Å². The first-order valence-corrected chi connectivity index (χ1v) is 9.68. The van der Waals surface area contributed by atoms with E-state index >= 15 is 0 Å². The summed E-state index contributed by atoms with van der Waals surface area (Å²) in [6, 6.07) is 16.7. The van der Waals surface area contributed by atoms with Crippen LogP contribution in [0.1, 0.15) is 21.6 Å². The fraction of sp³-hybridized carbons (Fsp3) is 0.0500. The number of hydrogen-bond donors (Lipinski definition) is 1. The third-order valence-electron chi connectivity index (χ3n) is 3.97. The maximum absolute atomic E-state index is 12.3. The van der Waals surface area contributed by atoms with Gasteiger partial charge in [-0.15, -0.1) is 11.3 Å². The van der Waals surface area contributed by atoms with Crippen LogP contribution in [0.4, 0.5) is 0 Å². The molecule has 0 saturated heterocycles. The summed E-state index contributed by atoms with van der Waals surface area (Å²) in [7, 11) is 0. The normalized spacial score (nSPS) is 11.2. The summed E-state index contributed by atoms with van der Waals surface area (Å²) in [6.45, 7) is 0.431. The number of nitrogens with one attached hydrogen (secondary N) is 1. The van der Waals surface area contributed by atoms with Crippen LogP contribution in [0, 0.1) is 0 Å². The maximum atomic E-state index is 12.3. The highest BCUT2D eigenvalue weighted by Gasteiger charge is 2.09. The van der Waals surface area contributed by atoms with Gasteiger partial charge in [-0.05, 0) is 29.8 Å². The van der Waals surface area contributed by atoms with Crippen molar-refractivity contribution >= 4 is 40.0 Å². The number of imidazole rings is 1. The van der Waals surface area contributed by atoms with Crippen molar-refractivity contribution in [3.63, 3.8) is 0 Å². The van der Waals surface area contributed by atoms with Gasteiger partial charge < -0.3 is 4.74 Å². The minimum Gasteiger partial charge on any atom is -0.489 e. The molecule has 2 aromatic heterocycles. The minimum absolute atomic E-state index is 0.311. The van der Waals surface area contributed by atoms with Gasteiger partial charge in [0.15, 0.2) is 10.1 Å². The molecule has 0 aliphatic carbocycles. The third kappa shape index (κ3) is 4.05. The number of hydrazone groups is 1. The summed E-state index contributed by atoms with van der Waals surface area (Å²) < 4.78 is 7.50. The Hall–Kier alpha value is -3.16. The molecule has 0 saturated carbocycles. The molecule has 0 aliphatic rings. The second kappa shape index (κ2) is 8.24. The summed E-state index contributed by atoms with van der Waals surface area (Å²) in [5.41, 5.74) is 4.59. The van der Waals surface area contributed by atoms with Crippen LogP contribution < -0.4 is 10.2 Å². The Morgan fingerprint density at radius 3 is 2.79 bits per heavy atom. The first-order valence-electron chi connectivity index (χ1n) is 8.42. The molecule has 0 unspecified atom stereocenters. The van der Waals surface area contributed by atoms with Crippen LogP contribution in [0.3, 0.4) is 0 Å². The van der Waals surface area contributed by atoms with E-state index in [-0.39, 0.29) is 5.91 Å². The number of hydrogen-bond acceptors (Lipinski definition) is 5. The van der Waals surface area contributed by atoms with Crippen molar-refractivity contribution in [2.45, 2.75) is 6.61 Å². The molecule has 0 spiro atoms. The molecule has 2 aromatic carbocycles. The number of halogens is 1. The number of rotatable bonds is 6. The average Bonchev–Trinajstić information content (AvgIpc) is 3.29. The van der Waals surface area contributed by atoms with E-state index in [9.17, 15) is 4.79 Å². The van der Waals surface area contributed by atoms with Gasteiger partial charge in [-0.25, -0.2) is 10.4 Å². The molecule has 0 atom stereocenters. The molecule has 8 heteroatoms. The van der Waals surface area contributed by atoms with E-state index in [1.807, 2.05) is 58.4 Å². The maximum Gasteiger partial charge on any atom is 0.271 e. The number of thiazole rings is 1. The Labute approximate surface area is 170 Å². The van der Waals surface area contributed by atoms with Crippen molar-refractivity contribution in [2.75, 3.05) is 0 Å². The van der Waals surface area contributed by atoms with Crippen molar-refractivity contribution in [2.24, 2.45) is 5.10 Å². The number of para-hydroxylation sites is 1. The zero-order chi connectivity index (χ0) is 19.3. The summed E-state index contributed by atoms with van der Waals surface area (Å²) in [5.74, 6) is 0.492. The van der Waals surface area contributed by atoms with Crippen molar-refractivity contribution in [1.29, 1.82) is 0 Å². The molecule has 1 N–H and O–H groups in total. The van der Waals surface area contributed by atoms with E-state index < -0.39 is 0 Å². The fourth-order valence-electron chi connectivity index (χ4n) is 2.54. The molecule has 6 nitrogen and oxygen atoms in total. The number of fused-ring (bicyclic) bond motifs is 1. The lowest BCUT2D eigenvalue weighted by molar-refractivity contribution is 0.0955. The number of aromatic nitrogens is 2. The van der Waals surface area contributed by atoms with E-state index in [2.05, 4.69) is 15.5 Å². The first kappa shape index (κ1) is 18.2. The van der Waals surface area contributed by atoms with Gasteiger partial charge in [0.1, 0.15) is 18.1 Å². The lowest BCUT2D eigenvalue weighted by Gasteiger charge is -2.06. The van der Waals surface area contributed by atoms with Gasteiger partial charge in [-0.3, -0.25) is 9.20 Å². The number of carbonyl (C=O) groups excluding carboxylic acids is 1. The average molecular weight is 411 g/mol. The molecule has 140 valence electrons. The summed E-state index contributed by atoms with van der Waals surface area (Å²) >= 11 is 7.56. The lowest BCUT2D eigenvalue weighted by Crippen LogP contribution is -2.17. The van der Waals surface area contributed by atoms with Gasteiger partial charge in [0.05, 0.1) is 6.21 Å². The predicted molar refractivity (Wildman–Crippen MR) is 110 cm³/mol. The van der Waals surface area contributed by atoms with Gasteiger partial charge in [-0.1, -0.05) is 41.9 Å². The summed E-state index contributed by atoms with van der Waals surface area (Å²) in [5, 5.41) is 6.23. The molecule has 4 aromatic rings. The Balaban J connectivity index is 1.35. The number of benzene rings is 2.